The number of rotatable bonds is 3. The molecular formula is C10H11N5S2. The lowest BCUT2D eigenvalue weighted by atomic mass is 10.3. The molecule has 0 saturated carbocycles. The van der Waals surface area contributed by atoms with Crippen LogP contribution >= 0.6 is 23.1 Å². The normalized spacial score (nSPS) is 10.0. The molecule has 2 N–H and O–H groups in total. The maximum atomic E-state index is 5.32. The summed E-state index contributed by atoms with van der Waals surface area (Å²) in [6.07, 6.45) is 0. The van der Waals surface area contributed by atoms with E-state index in [0.29, 0.717) is 6.54 Å². The van der Waals surface area contributed by atoms with E-state index in [0.717, 1.165) is 16.5 Å². The fourth-order valence-corrected chi connectivity index (χ4v) is 2.88. The Morgan fingerprint density at radius 1 is 1.59 bits per heavy atom. The van der Waals surface area contributed by atoms with Crippen LogP contribution in [0.15, 0.2) is 16.6 Å². The van der Waals surface area contributed by atoms with E-state index < -0.39 is 0 Å². The third-order valence-electron chi connectivity index (χ3n) is 1.91. The first-order valence-electron chi connectivity index (χ1n) is 4.91. The Hall–Kier alpha value is -1.36. The summed E-state index contributed by atoms with van der Waals surface area (Å²) in [4.78, 5) is 1.25. The van der Waals surface area contributed by atoms with Crippen LogP contribution in [-0.4, -0.2) is 26.8 Å². The highest BCUT2D eigenvalue weighted by molar-refractivity contribution is 7.98. The first kappa shape index (κ1) is 12.1. The van der Waals surface area contributed by atoms with Gasteiger partial charge in [-0.3, -0.25) is 0 Å². The van der Waals surface area contributed by atoms with Crippen molar-refractivity contribution in [3.8, 4) is 11.8 Å². The van der Waals surface area contributed by atoms with Crippen molar-refractivity contribution in [1.29, 1.82) is 0 Å². The van der Waals surface area contributed by atoms with Gasteiger partial charge in [-0.25, -0.2) is 4.68 Å². The molecule has 88 valence electrons. The molecule has 0 saturated heterocycles. The summed E-state index contributed by atoms with van der Waals surface area (Å²) in [5.74, 6) is 6.70. The molecule has 0 aliphatic rings. The summed E-state index contributed by atoms with van der Waals surface area (Å²) in [6.45, 7) is 0.393. The van der Waals surface area contributed by atoms with Gasteiger partial charge in [0.2, 0.25) is 5.16 Å². The molecule has 0 fully saturated rings. The van der Waals surface area contributed by atoms with Crippen LogP contribution in [0.25, 0.3) is 0 Å². The molecule has 2 aromatic rings. The van der Waals surface area contributed by atoms with E-state index in [-0.39, 0.29) is 0 Å². The molecule has 0 amide bonds. The van der Waals surface area contributed by atoms with Gasteiger partial charge < -0.3 is 5.73 Å². The lowest BCUT2D eigenvalue weighted by Crippen LogP contribution is -1.93. The number of hydrogen-bond acceptors (Lipinski definition) is 6. The zero-order valence-electron chi connectivity index (χ0n) is 9.25. The maximum absolute atomic E-state index is 5.32. The molecule has 17 heavy (non-hydrogen) atoms. The second-order valence-corrected chi connectivity index (χ2v) is 5.12. The van der Waals surface area contributed by atoms with Crippen molar-refractivity contribution in [3.63, 3.8) is 0 Å². The van der Waals surface area contributed by atoms with Crippen molar-refractivity contribution in [2.24, 2.45) is 12.8 Å². The number of aryl methyl sites for hydroxylation is 1. The Labute approximate surface area is 107 Å². The van der Waals surface area contributed by atoms with E-state index in [1.165, 1.54) is 4.88 Å². The smallest absolute Gasteiger partial charge is 0.209 e. The van der Waals surface area contributed by atoms with Crippen LogP contribution in [-0.2, 0) is 12.8 Å². The van der Waals surface area contributed by atoms with Gasteiger partial charge in [0.15, 0.2) is 0 Å². The van der Waals surface area contributed by atoms with Crippen molar-refractivity contribution >= 4 is 23.1 Å². The van der Waals surface area contributed by atoms with Gasteiger partial charge in [0, 0.05) is 28.6 Å². The van der Waals surface area contributed by atoms with Crippen molar-refractivity contribution < 1.29 is 0 Å². The van der Waals surface area contributed by atoms with Gasteiger partial charge in [0.1, 0.15) is 0 Å². The van der Waals surface area contributed by atoms with Crippen LogP contribution in [0.1, 0.15) is 10.4 Å². The minimum Gasteiger partial charge on any atom is -0.320 e. The van der Waals surface area contributed by atoms with E-state index in [2.05, 4.69) is 33.4 Å². The first-order valence-corrected chi connectivity index (χ1v) is 6.77. The van der Waals surface area contributed by atoms with E-state index in [1.54, 1.807) is 27.8 Å². The van der Waals surface area contributed by atoms with Gasteiger partial charge in [0.25, 0.3) is 0 Å². The zero-order chi connectivity index (χ0) is 12.1. The number of hydrogen-bond donors (Lipinski definition) is 1. The molecule has 2 heterocycles. The summed E-state index contributed by atoms with van der Waals surface area (Å²) in [5.41, 5.74) is 6.34. The fourth-order valence-electron chi connectivity index (χ4n) is 1.15. The Morgan fingerprint density at radius 2 is 2.47 bits per heavy atom. The van der Waals surface area contributed by atoms with Crippen LogP contribution in [0.5, 0.6) is 0 Å². The molecule has 0 unspecified atom stereocenters. The average Bonchev–Trinajstić information content (AvgIpc) is 2.93. The molecule has 0 atom stereocenters. The van der Waals surface area contributed by atoms with Gasteiger partial charge in [0.05, 0.1) is 6.54 Å². The monoisotopic (exact) mass is 265 g/mol. The predicted molar refractivity (Wildman–Crippen MR) is 68.6 cm³/mol. The van der Waals surface area contributed by atoms with Crippen molar-refractivity contribution in [1.82, 2.24) is 20.2 Å². The molecule has 2 rings (SSSR count). The summed E-state index contributed by atoms with van der Waals surface area (Å²) < 4.78 is 1.66. The SMILES string of the molecule is Cn1nnnc1SCc1cc(C#CCN)cs1. The zero-order valence-corrected chi connectivity index (χ0v) is 10.9. The molecular weight excluding hydrogens is 254 g/mol. The average molecular weight is 265 g/mol. The summed E-state index contributed by atoms with van der Waals surface area (Å²) >= 11 is 3.29. The predicted octanol–water partition coefficient (Wildman–Crippen LogP) is 0.874. The van der Waals surface area contributed by atoms with Crippen molar-refractivity contribution in [2.45, 2.75) is 10.9 Å². The number of nitrogens with zero attached hydrogens (tertiary/aromatic N) is 4. The highest BCUT2D eigenvalue weighted by Crippen LogP contribution is 2.23. The third-order valence-corrected chi connectivity index (χ3v) is 4.09. The Kier molecular flexibility index (Phi) is 4.14. The molecule has 0 aliphatic heterocycles. The standard InChI is InChI=1S/C10H11N5S2/c1-15-10(12-13-14-15)17-7-9-5-8(6-16-9)3-2-4-11/h5-6H,4,7,11H2,1H3. The van der Waals surface area contributed by atoms with Gasteiger partial charge >= 0.3 is 0 Å². The minimum absolute atomic E-state index is 0.393. The minimum atomic E-state index is 0.393. The molecule has 0 radical (unpaired) electrons. The molecule has 0 aliphatic carbocycles. The van der Waals surface area contributed by atoms with Crippen LogP contribution in [0.3, 0.4) is 0 Å². The highest BCUT2D eigenvalue weighted by Gasteiger charge is 2.04. The summed E-state index contributed by atoms with van der Waals surface area (Å²) in [6, 6.07) is 2.07. The van der Waals surface area contributed by atoms with E-state index in [1.807, 2.05) is 12.4 Å². The van der Waals surface area contributed by atoms with Crippen molar-refractivity contribution in [2.75, 3.05) is 6.54 Å². The first-order chi connectivity index (χ1) is 8.29. The lowest BCUT2D eigenvalue weighted by Gasteiger charge is -1.95. The number of tetrazole rings is 1. The molecule has 5 nitrogen and oxygen atoms in total. The van der Waals surface area contributed by atoms with E-state index in [4.69, 9.17) is 5.73 Å². The molecule has 0 bridgehead atoms. The van der Waals surface area contributed by atoms with Crippen LogP contribution in [0.2, 0.25) is 0 Å². The maximum Gasteiger partial charge on any atom is 0.209 e. The Bertz CT molecular complexity index is 548. The number of nitrogens with two attached hydrogens (primary N) is 1. The number of thioether (sulfide) groups is 1. The topological polar surface area (TPSA) is 69.6 Å². The van der Waals surface area contributed by atoms with Crippen LogP contribution in [0.4, 0.5) is 0 Å². The lowest BCUT2D eigenvalue weighted by molar-refractivity contribution is 0.664. The molecule has 7 heteroatoms. The number of thiophene rings is 1. The van der Waals surface area contributed by atoms with Gasteiger partial charge in [-0.05, 0) is 16.5 Å². The Balaban J connectivity index is 1.96. The highest BCUT2D eigenvalue weighted by atomic mass is 32.2. The Morgan fingerprint density at radius 3 is 3.18 bits per heavy atom. The van der Waals surface area contributed by atoms with Gasteiger partial charge in [-0.1, -0.05) is 23.6 Å². The quantitative estimate of drug-likeness (QED) is 0.659. The van der Waals surface area contributed by atoms with Crippen LogP contribution < -0.4 is 5.73 Å². The van der Waals surface area contributed by atoms with Gasteiger partial charge in [-0.15, -0.1) is 16.4 Å². The molecule has 2 aromatic heterocycles. The van der Waals surface area contributed by atoms with Crippen molar-refractivity contribution in [3.05, 3.63) is 21.9 Å². The summed E-state index contributed by atoms with van der Waals surface area (Å²) in [5, 5.41) is 14.1. The number of aromatic nitrogens is 4. The van der Waals surface area contributed by atoms with E-state index >= 15 is 0 Å². The second-order valence-electron chi connectivity index (χ2n) is 3.18. The summed E-state index contributed by atoms with van der Waals surface area (Å²) in [7, 11) is 1.83. The molecule has 0 spiro atoms. The second kappa shape index (κ2) is 5.82. The van der Waals surface area contributed by atoms with Gasteiger partial charge in [-0.2, -0.15) is 0 Å². The van der Waals surface area contributed by atoms with E-state index in [9.17, 15) is 0 Å². The van der Waals surface area contributed by atoms with Crippen LogP contribution in [0, 0.1) is 11.8 Å². The molecule has 0 aromatic carbocycles. The third kappa shape index (κ3) is 3.30. The fraction of sp³-hybridized carbons (Fsp3) is 0.300. The largest absolute Gasteiger partial charge is 0.320 e.